The molecule has 0 fully saturated rings. The zero-order chi connectivity index (χ0) is 34.1. The number of unbranched alkanes of at least 4 members (excludes halogenated alkanes) is 2. The molecule has 0 unspecified atom stereocenters. The summed E-state index contributed by atoms with van der Waals surface area (Å²) in [4.78, 5) is 24.1. The molecule has 13 heteroatoms. The van der Waals surface area contributed by atoms with Gasteiger partial charge in [-0.3, -0.25) is 0 Å². The van der Waals surface area contributed by atoms with Crippen LogP contribution in [0.15, 0.2) is 63.8 Å². The number of hydrogen-bond acceptors (Lipinski definition) is 7. The van der Waals surface area contributed by atoms with Crippen molar-refractivity contribution in [2.24, 2.45) is 0 Å². The van der Waals surface area contributed by atoms with Crippen molar-refractivity contribution in [3.8, 4) is 16.9 Å². The number of alkyl halides is 6. The molecule has 0 radical (unpaired) electrons. The molecule has 0 amide bonds. The van der Waals surface area contributed by atoms with Crippen LogP contribution < -0.4 is 10.4 Å². The van der Waals surface area contributed by atoms with Crippen molar-refractivity contribution in [3.63, 3.8) is 0 Å². The molecule has 1 heterocycles. The van der Waals surface area contributed by atoms with Gasteiger partial charge in [0.2, 0.25) is 0 Å². The molecule has 1 aromatic heterocycles. The number of hydrogen-bond donors (Lipinski definition) is 0. The molecule has 0 saturated carbocycles. The minimum atomic E-state index is -5.40. The van der Waals surface area contributed by atoms with Crippen molar-refractivity contribution in [2.45, 2.75) is 84.2 Å². The molecule has 2 aromatic carbocycles. The van der Waals surface area contributed by atoms with Crippen LogP contribution in [-0.4, -0.2) is 37.7 Å². The number of benzene rings is 2. The van der Waals surface area contributed by atoms with Gasteiger partial charge in [0.1, 0.15) is 11.3 Å². The summed E-state index contributed by atoms with van der Waals surface area (Å²) in [6.45, 7) is 6.65. The van der Waals surface area contributed by atoms with Gasteiger partial charge in [-0.1, -0.05) is 51.5 Å². The largest absolute Gasteiger partial charge is 0.494 e. The van der Waals surface area contributed by atoms with Crippen LogP contribution in [0, 0.1) is 0 Å². The molecule has 0 spiro atoms. The maximum absolute atomic E-state index is 14.1. The fourth-order valence-electron chi connectivity index (χ4n) is 4.45. The summed E-state index contributed by atoms with van der Waals surface area (Å²) in [6.07, 6.45) is -12.8. The van der Waals surface area contributed by atoms with Crippen LogP contribution in [-0.2, 0) is 31.8 Å². The van der Waals surface area contributed by atoms with Gasteiger partial charge in [-0.15, -0.1) is 8.78 Å². The minimum absolute atomic E-state index is 0.0243. The average Bonchev–Trinajstić information content (AvgIpc) is 2.95. The van der Waals surface area contributed by atoms with E-state index in [-0.39, 0.29) is 16.9 Å². The van der Waals surface area contributed by atoms with E-state index in [4.69, 9.17) is 9.15 Å². The van der Waals surface area contributed by atoms with Crippen molar-refractivity contribution < 1.29 is 54.5 Å². The van der Waals surface area contributed by atoms with Crippen molar-refractivity contribution in [1.82, 2.24) is 0 Å². The lowest BCUT2D eigenvalue weighted by atomic mass is 9.94. The Morgan fingerprint density at radius 1 is 0.870 bits per heavy atom. The number of fused-ring (bicyclic) bond motifs is 1. The summed E-state index contributed by atoms with van der Waals surface area (Å²) < 4.78 is 105. The second-order valence-corrected chi connectivity index (χ2v) is 10.7. The lowest BCUT2D eigenvalue weighted by Crippen LogP contribution is -2.41. The molecule has 252 valence electrons. The van der Waals surface area contributed by atoms with E-state index >= 15 is 0 Å². The lowest BCUT2D eigenvalue weighted by Gasteiger charge is -2.26. The molecular formula is C33H36F6O7. The smallest absolute Gasteiger partial charge is 0.493 e. The third-order valence-corrected chi connectivity index (χ3v) is 6.79. The molecule has 0 aliphatic heterocycles. The van der Waals surface area contributed by atoms with Crippen LogP contribution in [0.25, 0.3) is 22.1 Å². The fraction of sp³-hybridized carbons (Fsp3) is 0.455. The Hall–Kier alpha value is -3.84. The first-order valence-corrected chi connectivity index (χ1v) is 14.7. The highest BCUT2D eigenvalue weighted by atomic mass is 19.3. The fourth-order valence-corrected chi connectivity index (χ4v) is 4.45. The van der Waals surface area contributed by atoms with Gasteiger partial charge in [-0.05, 0) is 61.1 Å². The first-order chi connectivity index (χ1) is 21.5. The summed E-state index contributed by atoms with van der Waals surface area (Å²) in [5.41, 5.74) is 2.63. The van der Waals surface area contributed by atoms with Crippen LogP contribution in [0.1, 0.15) is 64.0 Å². The maximum atomic E-state index is 14.1. The second-order valence-electron chi connectivity index (χ2n) is 10.7. The van der Waals surface area contributed by atoms with Crippen molar-refractivity contribution in [3.05, 3.63) is 76.2 Å². The molecule has 0 atom stereocenters. The quantitative estimate of drug-likeness (QED) is 0.0337. The van der Waals surface area contributed by atoms with E-state index in [1.165, 1.54) is 30.7 Å². The SMILES string of the molecule is C=C(C)C(=O)OCCC(F)(F)OC(F)(F)OC(F)(F)CCOc1ccc2cc(-c3ccc(CCCCC)cc3CC)c(=O)oc2c1. The molecule has 0 N–H and O–H groups in total. The second kappa shape index (κ2) is 15.6. The first-order valence-electron chi connectivity index (χ1n) is 14.7. The Morgan fingerprint density at radius 2 is 1.54 bits per heavy atom. The van der Waals surface area contributed by atoms with Gasteiger partial charge in [-0.2, -0.15) is 17.6 Å². The zero-order valence-corrected chi connectivity index (χ0v) is 25.7. The van der Waals surface area contributed by atoms with Gasteiger partial charge in [-0.25, -0.2) is 19.1 Å². The molecule has 46 heavy (non-hydrogen) atoms. The summed E-state index contributed by atoms with van der Waals surface area (Å²) in [6, 6.07) is 11.8. The van der Waals surface area contributed by atoms with E-state index in [1.807, 2.05) is 19.1 Å². The maximum Gasteiger partial charge on any atom is 0.494 e. The van der Waals surface area contributed by atoms with E-state index in [0.717, 1.165) is 36.8 Å². The average molecular weight is 659 g/mol. The van der Waals surface area contributed by atoms with Gasteiger partial charge < -0.3 is 13.9 Å². The topological polar surface area (TPSA) is 84.2 Å². The zero-order valence-electron chi connectivity index (χ0n) is 25.7. The van der Waals surface area contributed by atoms with Crippen molar-refractivity contribution in [1.29, 1.82) is 0 Å². The normalized spacial score (nSPS) is 12.4. The highest BCUT2D eigenvalue weighted by molar-refractivity contribution is 5.87. The third kappa shape index (κ3) is 10.9. The summed E-state index contributed by atoms with van der Waals surface area (Å²) in [7, 11) is 0. The van der Waals surface area contributed by atoms with Gasteiger partial charge in [0.15, 0.2) is 0 Å². The third-order valence-electron chi connectivity index (χ3n) is 6.79. The van der Waals surface area contributed by atoms with Crippen LogP contribution in [0.5, 0.6) is 5.75 Å². The number of rotatable bonds is 18. The Labute approximate surface area is 262 Å². The summed E-state index contributed by atoms with van der Waals surface area (Å²) in [5, 5.41) is 0.525. The van der Waals surface area contributed by atoms with Crippen molar-refractivity contribution in [2.75, 3.05) is 13.2 Å². The summed E-state index contributed by atoms with van der Waals surface area (Å²) >= 11 is 0. The Morgan fingerprint density at radius 3 is 2.17 bits per heavy atom. The van der Waals surface area contributed by atoms with Crippen LogP contribution in [0.4, 0.5) is 26.3 Å². The molecule has 7 nitrogen and oxygen atoms in total. The molecule has 3 aromatic rings. The van der Waals surface area contributed by atoms with E-state index < -0.39 is 56.2 Å². The van der Waals surface area contributed by atoms with Crippen LogP contribution in [0.2, 0.25) is 0 Å². The number of carbonyl (C=O) groups is 1. The molecule has 0 bridgehead atoms. The first kappa shape index (κ1) is 36.6. The standard InChI is InChI=1S/C33H36F6O7/c1-5-7-8-9-22-10-13-26(23(6-2)18-22)27-19-24-11-12-25(20-28(24)44-30(27)41)42-16-14-31(34,35)45-33(38,39)46-32(36,37)15-17-43-29(40)21(3)4/h10-13,18-20H,3,5-9,14-17H2,1-2,4H3. The van der Waals surface area contributed by atoms with E-state index in [2.05, 4.69) is 33.8 Å². The Bertz CT molecular complexity index is 1570. The lowest BCUT2D eigenvalue weighted by molar-refractivity contribution is -0.514. The van der Waals surface area contributed by atoms with E-state index in [9.17, 15) is 35.9 Å². The summed E-state index contributed by atoms with van der Waals surface area (Å²) in [5.74, 6) is -1.07. The predicted molar refractivity (Wildman–Crippen MR) is 158 cm³/mol. The highest BCUT2D eigenvalue weighted by Crippen LogP contribution is 2.36. The van der Waals surface area contributed by atoms with Gasteiger partial charge in [0.25, 0.3) is 0 Å². The minimum Gasteiger partial charge on any atom is -0.493 e. The van der Waals surface area contributed by atoms with Gasteiger partial charge in [0.05, 0.1) is 31.6 Å². The number of carbonyl (C=O) groups excluding carboxylic acids is 1. The van der Waals surface area contributed by atoms with Crippen molar-refractivity contribution >= 4 is 16.9 Å². The van der Waals surface area contributed by atoms with E-state index in [1.54, 1.807) is 6.07 Å². The molecular weight excluding hydrogens is 622 g/mol. The highest BCUT2D eigenvalue weighted by Gasteiger charge is 2.52. The van der Waals surface area contributed by atoms with Gasteiger partial charge in [0, 0.05) is 17.0 Å². The van der Waals surface area contributed by atoms with Crippen LogP contribution in [0.3, 0.4) is 0 Å². The molecule has 0 aliphatic carbocycles. The predicted octanol–water partition coefficient (Wildman–Crippen LogP) is 8.80. The van der Waals surface area contributed by atoms with Crippen LogP contribution >= 0.6 is 0 Å². The monoisotopic (exact) mass is 658 g/mol. The molecule has 0 saturated heterocycles. The number of halogens is 6. The number of ether oxygens (including phenoxy) is 4. The molecule has 3 rings (SSSR count). The number of esters is 1. The Kier molecular flexibility index (Phi) is 12.4. The van der Waals surface area contributed by atoms with Gasteiger partial charge >= 0.3 is 30.1 Å². The Balaban J connectivity index is 1.61. The molecule has 0 aliphatic rings. The number of aryl methyl sites for hydroxylation is 2. The van der Waals surface area contributed by atoms with E-state index in [0.29, 0.717) is 17.4 Å².